The molecular weight excluding hydrogens is 389 g/mol. The summed E-state index contributed by atoms with van der Waals surface area (Å²) in [5, 5.41) is 5.92. The summed E-state index contributed by atoms with van der Waals surface area (Å²) in [4.78, 5) is 4.89. The lowest BCUT2D eigenvalue weighted by Crippen LogP contribution is -1.93. The molecule has 2 heterocycles. The monoisotopic (exact) mass is 409 g/mol. The molecule has 0 amide bonds. The minimum atomic E-state index is -0.249. The molecule has 0 bridgehead atoms. The summed E-state index contributed by atoms with van der Waals surface area (Å²) < 4.78 is 16.6. The van der Waals surface area contributed by atoms with Crippen molar-refractivity contribution in [2.45, 2.75) is 30.2 Å². The zero-order valence-corrected chi connectivity index (χ0v) is 17.5. The predicted molar refractivity (Wildman–Crippen MR) is 116 cm³/mol. The van der Waals surface area contributed by atoms with Crippen LogP contribution in [0.2, 0.25) is 0 Å². The molecule has 4 aromatic rings. The van der Waals surface area contributed by atoms with Gasteiger partial charge in [0.2, 0.25) is 5.13 Å². The third-order valence-corrected chi connectivity index (χ3v) is 6.46. The van der Waals surface area contributed by atoms with Gasteiger partial charge in [0.05, 0.1) is 15.6 Å². The Morgan fingerprint density at radius 2 is 1.79 bits per heavy atom. The first-order valence-corrected chi connectivity index (χ1v) is 10.8. The number of thiazole rings is 1. The second-order valence-corrected chi connectivity index (χ2v) is 9.57. The van der Waals surface area contributed by atoms with Crippen LogP contribution in [0.1, 0.15) is 19.5 Å². The highest BCUT2D eigenvalue weighted by molar-refractivity contribution is 8.01. The maximum absolute atomic E-state index is 13.6. The molecule has 0 saturated heterocycles. The standard InChI is InChI=1S/C22H20FN3S2/c1-14(2)27-21-20(16-8-5-4-6-9-16)24-22(28-21)26-13-19(15(3)25-26)17-10-7-11-18(23)12-17/h4-14H,1-3H3. The first-order chi connectivity index (χ1) is 13.5. The van der Waals surface area contributed by atoms with Crippen molar-refractivity contribution >= 4 is 23.1 Å². The van der Waals surface area contributed by atoms with Gasteiger partial charge in [-0.15, -0.1) is 11.8 Å². The number of nitrogens with zero attached hydrogens (tertiary/aromatic N) is 3. The first-order valence-electron chi connectivity index (χ1n) is 9.07. The number of hydrogen-bond acceptors (Lipinski definition) is 4. The van der Waals surface area contributed by atoms with Crippen LogP contribution in [0.4, 0.5) is 4.39 Å². The van der Waals surface area contributed by atoms with Gasteiger partial charge in [-0.05, 0) is 24.6 Å². The van der Waals surface area contributed by atoms with E-state index in [0.717, 1.165) is 33.2 Å². The van der Waals surface area contributed by atoms with Crippen LogP contribution in [0.3, 0.4) is 0 Å². The van der Waals surface area contributed by atoms with Gasteiger partial charge in [0.1, 0.15) is 5.82 Å². The molecule has 2 aromatic heterocycles. The smallest absolute Gasteiger partial charge is 0.211 e. The van der Waals surface area contributed by atoms with Crippen molar-refractivity contribution in [3.8, 4) is 27.5 Å². The zero-order valence-electron chi connectivity index (χ0n) is 15.9. The summed E-state index contributed by atoms with van der Waals surface area (Å²) in [7, 11) is 0. The molecule has 3 nitrogen and oxygen atoms in total. The fraction of sp³-hybridized carbons (Fsp3) is 0.182. The summed E-state index contributed by atoms with van der Waals surface area (Å²) >= 11 is 3.44. The second kappa shape index (κ2) is 7.89. The molecule has 0 unspecified atom stereocenters. The van der Waals surface area contributed by atoms with Crippen LogP contribution in [-0.2, 0) is 0 Å². The van der Waals surface area contributed by atoms with Crippen molar-refractivity contribution in [3.63, 3.8) is 0 Å². The molecule has 0 saturated carbocycles. The van der Waals surface area contributed by atoms with Crippen LogP contribution >= 0.6 is 23.1 Å². The Hall–Kier alpha value is -2.44. The summed E-state index contributed by atoms with van der Waals surface area (Å²) in [5.74, 6) is -0.249. The Balaban J connectivity index is 1.78. The van der Waals surface area contributed by atoms with Crippen molar-refractivity contribution in [2.24, 2.45) is 0 Å². The molecule has 142 valence electrons. The van der Waals surface area contributed by atoms with Crippen LogP contribution in [-0.4, -0.2) is 20.0 Å². The predicted octanol–water partition coefficient (Wildman–Crippen LogP) is 6.61. The van der Waals surface area contributed by atoms with Crippen LogP contribution in [0.25, 0.3) is 27.5 Å². The summed E-state index contributed by atoms with van der Waals surface area (Å²) in [6.07, 6.45) is 1.93. The van der Waals surface area contributed by atoms with E-state index >= 15 is 0 Å². The Bertz CT molecular complexity index is 1100. The number of rotatable bonds is 5. The minimum Gasteiger partial charge on any atom is -0.217 e. The summed E-state index contributed by atoms with van der Waals surface area (Å²) in [6.45, 7) is 6.30. The van der Waals surface area contributed by atoms with Gasteiger partial charge >= 0.3 is 0 Å². The van der Waals surface area contributed by atoms with Gasteiger partial charge in [0, 0.05) is 22.6 Å². The van der Waals surface area contributed by atoms with E-state index in [2.05, 4.69) is 31.1 Å². The van der Waals surface area contributed by atoms with E-state index in [-0.39, 0.29) is 5.82 Å². The van der Waals surface area contributed by atoms with Gasteiger partial charge < -0.3 is 0 Å². The molecule has 0 aliphatic rings. The molecule has 0 spiro atoms. The number of thioether (sulfide) groups is 1. The van der Waals surface area contributed by atoms with Crippen LogP contribution < -0.4 is 0 Å². The van der Waals surface area contributed by atoms with E-state index < -0.39 is 0 Å². The molecule has 4 rings (SSSR count). The van der Waals surface area contributed by atoms with Crippen LogP contribution in [0.5, 0.6) is 0 Å². The number of benzene rings is 2. The molecular formula is C22H20FN3S2. The van der Waals surface area contributed by atoms with Gasteiger partial charge in [-0.3, -0.25) is 0 Å². The van der Waals surface area contributed by atoms with Gasteiger partial charge in [0.25, 0.3) is 0 Å². The van der Waals surface area contributed by atoms with Crippen molar-refractivity contribution in [3.05, 3.63) is 72.3 Å². The number of aryl methyl sites for hydroxylation is 1. The van der Waals surface area contributed by atoms with Gasteiger partial charge in [-0.1, -0.05) is 67.6 Å². The lowest BCUT2D eigenvalue weighted by molar-refractivity contribution is 0.628. The van der Waals surface area contributed by atoms with E-state index in [9.17, 15) is 4.39 Å². The third kappa shape index (κ3) is 3.88. The molecule has 0 fully saturated rings. The van der Waals surface area contributed by atoms with Gasteiger partial charge in [-0.2, -0.15) is 5.10 Å². The van der Waals surface area contributed by atoms with E-state index in [0.29, 0.717) is 5.25 Å². The number of halogens is 1. The Morgan fingerprint density at radius 1 is 1.04 bits per heavy atom. The minimum absolute atomic E-state index is 0.249. The Labute approximate surface area is 172 Å². The van der Waals surface area contributed by atoms with Crippen LogP contribution in [0, 0.1) is 12.7 Å². The third-order valence-electron chi connectivity index (χ3n) is 4.21. The van der Waals surface area contributed by atoms with E-state index in [4.69, 9.17) is 4.98 Å². The molecule has 0 atom stereocenters. The molecule has 6 heteroatoms. The average molecular weight is 410 g/mol. The van der Waals surface area contributed by atoms with Crippen molar-refractivity contribution in [1.82, 2.24) is 14.8 Å². The number of aromatic nitrogens is 3. The summed E-state index contributed by atoms with van der Waals surface area (Å²) in [6, 6.07) is 16.8. The molecule has 0 radical (unpaired) electrons. The lowest BCUT2D eigenvalue weighted by Gasteiger charge is -2.04. The molecule has 0 aliphatic carbocycles. The average Bonchev–Trinajstić information content (AvgIpc) is 3.26. The van der Waals surface area contributed by atoms with Crippen molar-refractivity contribution in [1.29, 1.82) is 0 Å². The van der Waals surface area contributed by atoms with Gasteiger partial charge in [-0.25, -0.2) is 14.1 Å². The van der Waals surface area contributed by atoms with Crippen molar-refractivity contribution in [2.75, 3.05) is 0 Å². The molecule has 28 heavy (non-hydrogen) atoms. The quantitative estimate of drug-likeness (QED) is 0.347. The molecule has 2 aromatic carbocycles. The van der Waals surface area contributed by atoms with E-state index in [1.54, 1.807) is 22.1 Å². The Morgan fingerprint density at radius 3 is 2.50 bits per heavy atom. The second-order valence-electron chi connectivity index (χ2n) is 6.75. The maximum atomic E-state index is 13.6. The molecule has 0 aliphatic heterocycles. The summed E-state index contributed by atoms with van der Waals surface area (Å²) in [5.41, 5.74) is 4.66. The molecule has 0 N–H and O–H groups in total. The van der Waals surface area contributed by atoms with Crippen molar-refractivity contribution < 1.29 is 4.39 Å². The van der Waals surface area contributed by atoms with Gasteiger partial charge in [0.15, 0.2) is 0 Å². The normalized spacial score (nSPS) is 11.3. The van der Waals surface area contributed by atoms with Crippen LogP contribution in [0.15, 0.2) is 65.0 Å². The fourth-order valence-electron chi connectivity index (χ4n) is 2.96. The zero-order chi connectivity index (χ0) is 19.7. The highest BCUT2D eigenvalue weighted by Crippen LogP contribution is 2.39. The first kappa shape index (κ1) is 18.9. The highest BCUT2D eigenvalue weighted by atomic mass is 32.2. The van der Waals surface area contributed by atoms with E-state index in [1.165, 1.54) is 16.3 Å². The van der Waals surface area contributed by atoms with E-state index in [1.807, 2.05) is 49.1 Å². The topological polar surface area (TPSA) is 30.7 Å². The Kier molecular flexibility index (Phi) is 5.33. The maximum Gasteiger partial charge on any atom is 0.211 e. The largest absolute Gasteiger partial charge is 0.217 e. The number of hydrogen-bond donors (Lipinski definition) is 0. The SMILES string of the molecule is Cc1nn(-c2nc(-c3ccccc3)c(SC(C)C)s2)cc1-c1cccc(F)c1. The highest BCUT2D eigenvalue weighted by Gasteiger charge is 2.18. The fourth-order valence-corrected chi connectivity index (χ4v) is 5.41. The lowest BCUT2D eigenvalue weighted by atomic mass is 10.1.